The number of aromatic hydroxyl groups is 4. The maximum Gasteiger partial charge on any atom is 0.194 e. The standard InChI is InChI=1S/C8H6FNO2.C6H6O2/c9-7-5(3-4-10)1-2-6(11)8(7)12;7-5-3-1-2-4-6(5)8/h1-2,11-12H,3H2;1-4,7-8H. The second-order valence-corrected chi connectivity index (χ2v) is 3.73. The van der Waals surface area contributed by atoms with Crippen molar-refractivity contribution in [1.82, 2.24) is 0 Å². The average Bonchev–Trinajstić information content (AvgIpc) is 2.44. The van der Waals surface area contributed by atoms with Gasteiger partial charge in [-0.15, -0.1) is 0 Å². The van der Waals surface area contributed by atoms with Crippen LogP contribution in [0, 0.1) is 17.1 Å². The van der Waals surface area contributed by atoms with Crippen molar-refractivity contribution in [2.75, 3.05) is 0 Å². The van der Waals surface area contributed by atoms with Gasteiger partial charge in [-0.1, -0.05) is 18.2 Å². The molecule has 0 saturated heterocycles. The summed E-state index contributed by atoms with van der Waals surface area (Å²) in [5.74, 6) is -2.41. The molecule has 0 heterocycles. The third kappa shape index (κ3) is 3.78. The number of para-hydroxylation sites is 2. The molecule has 0 bridgehead atoms. The Morgan fingerprint density at radius 1 is 0.900 bits per heavy atom. The van der Waals surface area contributed by atoms with Crippen molar-refractivity contribution in [2.45, 2.75) is 6.42 Å². The predicted octanol–water partition coefficient (Wildman–Crippen LogP) is 2.40. The van der Waals surface area contributed by atoms with Crippen molar-refractivity contribution in [1.29, 1.82) is 5.26 Å². The van der Waals surface area contributed by atoms with Crippen LogP contribution in [-0.4, -0.2) is 20.4 Å². The van der Waals surface area contributed by atoms with Crippen molar-refractivity contribution in [3.63, 3.8) is 0 Å². The molecule has 0 unspecified atom stereocenters. The highest BCUT2D eigenvalue weighted by molar-refractivity contribution is 5.42. The molecular weight excluding hydrogens is 265 g/mol. The number of nitriles is 1. The summed E-state index contributed by atoms with van der Waals surface area (Å²) in [4.78, 5) is 0. The van der Waals surface area contributed by atoms with Gasteiger partial charge in [0.2, 0.25) is 0 Å². The third-order valence-corrected chi connectivity index (χ3v) is 2.33. The summed E-state index contributed by atoms with van der Waals surface area (Å²) < 4.78 is 12.9. The molecule has 20 heavy (non-hydrogen) atoms. The molecule has 0 aliphatic rings. The van der Waals surface area contributed by atoms with E-state index in [4.69, 9.17) is 25.7 Å². The molecule has 0 aliphatic carbocycles. The minimum Gasteiger partial charge on any atom is -0.504 e. The molecule has 0 aromatic heterocycles. The Kier molecular flexibility index (Phi) is 5.18. The largest absolute Gasteiger partial charge is 0.504 e. The maximum absolute atomic E-state index is 12.9. The van der Waals surface area contributed by atoms with E-state index in [1.807, 2.05) is 0 Å². The molecule has 0 atom stereocenters. The highest BCUT2D eigenvalue weighted by atomic mass is 19.1. The third-order valence-electron chi connectivity index (χ3n) is 2.33. The van der Waals surface area contributed by atoms with E-state index in [9.17, 15) is 4.39 Å². The molecule has 4 N–H and O–H groups in total. The van der Waals surface area contributed by atoms with Crippen LogP contribution in [0.3, 0.4) is 0 Å². The van der Waals surface area contributed by atoms with Crippen molar-refractivity contribution >= 4 is 0 Å². The summed E-state index contributed by atoms with van der Waals surface area (Å²) in [5, 5.41) is 43.3. The summed E-state index contributed by atoms with van der Waals surface area (Å²) in [7, 11) is 0. The number of phenolic OH excluding ortho intramolecular Hbond substituents is 4. The first-order valence-electron chi connectivity index (χ1n) is 5.50. The zero-order valence-corrected chi connectivity index (χ0v) is 10.3. The van der Waals surface area contributed by atoms with Gasteiger partial charge in [-0.05, 0) is 18.2 Å². The molecule has 0 spiro atoms. The summed E-state index contributed by atoms with van der Waals surface area (Å²) in [6, 6.07) is 10.3. The van der Waals surface area contributed by atoms with Gasteiger partial charge in [-0.3, -0.25) is 0 Å². The Morgan fingerprint density at radius 2 is 1.45 bits per heavy atom. The van der Waals surface area contributed by atoms with Crippen LogP contribution >= 0.6 is 0 Å². The molecule has 5 nitrogen and oxygen atoms in total. The van der Waals surface area contributed by atoms with E-state index in [0.717, 1.165) is 6.07 Å². The van der Waals surface area contributed by atoms with Crippen LogP contribution in [0.1, 0.15) is 5.56 Å². The van der Waals surface area contributed by atoms with E-state index < -0.39 is 17.3 Å². The minimum absolute atomic E-state index is 0.0764. The highest BCUT2D eigenvalue weighted by Gasteiger charge is 2.10. The maximum atomic E-state index is 12.9. The van der Waals surface area contributed by atoms with E-state index in [1.54, 1.807) is 18.2 Å². The number of hydrogen-bond acceptors (Lipinski definition) is 5. The van der Waals surface area contributed by atoms with E-state index in [-0.39, 0.29) is 23.5 Å². The normalized spacial score (nSPS) is 9.20. The Hall–Kier alpha value is -2.94. The van der Waals surface area contributed by atoms with Gasteiger partial charge in [0.05, 0.1) is 12.5 Å². The van der Waals surface area contributed by atoms with Gasteiger partial charge in [-0.25, -0.2) is 4.39 Å². The first-order valence-corrected chi connectivity index (χ1v) is 5.50. The molecule has 6 heteroatoms. The smallest absolute Gasteiger partial charge is 0.194 e. The quantitative estimate of drug-likeness (QED) is 0.599. The van der Waals surface area contributed by atoms with E-state index in [0.29, 0.717) is 0 Å². The molecule has 0 saturated carbocycles. The number of phenols is 4. The van der Waals surface area contributed by atoms with Crippen LogP contribution in [-0.2, 0) is 6.42 Å². The molecule has 0 amide bonds. The number of rotatable bonds is 1. The average molecular weight is 277 g/mol. The first-order chi connectivity index (χ1) is 9.47. The fourth-order valence-corrected chi connectivity index (χ4v) is 1.28. The zero-order valence-electron chi connectivity index (χ0n) is 10.3. The van der Waals surface area contributed by atoms with Gasteiger partial charge < -0.3 is 20.4 Å². The Balaban J connectivity index is 0.000000217. The Labute approximate surface area is 114 Å². The number of benzene rings is 2. The zero-order chi connectivity index (χ0) is 15.1. The van der Waals surface area contributed by atoms with Crippen molar-refractivity contribution in [3.05, 3.63) is 47.8 Å². The van der Waals surface area contributed by atoms with E-state index in [1.165, 1.54) is 18.2 Å². The lowest BCUT2D eigenvalue weighted by Crippen LogP contribution is -1.88. The van der Waals surface area contributed by atoms with Gasteiger partial charge in [0.25, 0.3) is 0 Å². The lowest BCUT2D eigenvalue weighted by molar-refractivity contribution is 0.377. The van der Waals surface area contributed by atoms with Crippen molar-refractivity contribution < 1.29 is 24.8 Å². The lowest BCUT2D eigenvalue weighted by atomic mass is 10.1. The Morgan fingerprint density at radius 3 is 1.90 bits per heavy atom. The van der Waals surface area contributed by atoms with Crippen LogP contribution in [0.5, 0.6) is 23.0 Å². The van der Waals surface area contributed by atoms with Crippen LogP contribution < -0.4 is 0 Å². The molecule has 2 rings (SSSR count). The fourth-order valence-electron chi connectivity index (χ4n) is 1.28. The van der Waals surface area contributed by atoms with Gasteiger partial charge in [0, 0.05) is 5.56 Å². The van der Waals surface area contributed by atoms with E-state index >= 15 is 0 Å². The molecule has 2 aromatic rings. The summed E-state index contributed by atoms with van der Waals surface area (Å²) >= 11 is 0. The van der Waals surface area contributed by atoms with Gasteiger partial charge in [0.1, 0.15) is 0 Å². The predicted molar refractivity (Wildman–Crippen MR) is 68.8 cm³/mol. The second kappa shape index (κ2) is 6.85. The second-order valence-electron chi connectivity index (χ2n) is 3.73. The van der Waals surface area contributed by atoms with Crippen LogP contribution in [0.2, 0.25) is 0 Å². The van der Waals surface area contributed by atoms with Gasteiger partial charge >= 0.3 is 0 Å². The fraction of sp³-hybridized carbons (Fsp3) is 0.0714. The number of hydrogen-bond donors (Lipinski definition) is 4. The van der Waals surface area contributed by atoms with E-state index in [2.05, 4.69) is 0 Å². The summed E-state index contributed by atoms with van der Waals surface area (Å²) in [6.45, 7) is 0. The topological polar surface area (TPSA) is 105 Å². The van der Waals surface area contributed by atoms with Crippen LogP contribution in [0.15, 0.2) is 36.4 Å². The summed E-state index contributed by atoms with van der Waals surface area (Å²) in [6.07, 6.45) is -0.125. The van der Waals surface area contributed by atoms with Crippen molar-refractivity contribution in [2.24, 2.45) is 0 Å². The number of halogens is 1. The Bertz CT molecular complexity index is 617. The van der Waals surface area contributed by atoms with Crippen LogP contribution in [0.4, 0.5) is 4.39 Å². The highest BCUT2D eigenvalue weighted by Crippen LogP contribution is 2.29. The van der Waals surface area contributed by atoms with Gasteiger partial charge in [0.15, 0.2) is 28.8 Å². The molecule has 2 aromatic carbocycles. The molecule has 104 valence electrons. The molecule has 0 fully saturated rings. The monoisotopic (exact) mass is 277 g/mol. The SMILES string of the molecule is N#CCc1ccc(O)c(O)c1F.Oc1ccccc1O. The summed E-state index contributed by atoms with van der Waals surface area (Å²) in [5.41, 5.74) is 0.0767. The minimum atomic E-state index is -0.934. The first kappa shape index (κ1) is 15.1. The van der Waals surface area contributed by atoms with Gasteiger partial charge in [-0.2, -0.15) is 5.26 Å². The molecule has 0 aliphatic heterocycles. The van der Waals surface area contributed by atoms with Crippen LogP contribution in [0.25, 0.3) is 0 Å². The number of nitrogens with zero attached hydrogens (tertiary/aromatic N) is 1. The van der Waals surface area contributed by atoms with Crippen molar-refractivity contribution in [3.8, 4) is 29.1 Å². The molecular formula is C14H12FNO4. The molecule has 0 radical (unpaired) electrons. The lowest BCUT2D eigenvalue weighted by Gasteiger charge is -2.01.